The topological polar surface area (TPSA) is 53.1 Å². The van der Waals surface area contributed by atoms with Crippen molar-refractivity contribution in [1.82, 2.24) is 9.55 Å². The quantitative estimate of drug-likeness (QED) is 0.914. The van der Waals surface area contributed by atoms with Gasteiger partial charge in [0.05, 0.1) is 18.1 Å². The summed E-state index contributed by atoms with van der Waals surface area (Å²) in [6.07, 6.45) is 0. The van der Waals surface area contributed by atoms with E-state index in [0.717, 1.165) is 12.1 Å². The van der Waals surface area contributed by atoms with Crippen LogP contribution < -0.4 is 10.5 Å². The van der Waals surface area contributed by atoms with Crippen LogP contribution in [-0.2, 0) is 6.54 Å². The first kappa shape index (κ1) is 15.6. The third kappa shape index (κ3) is 2.96. The summed E-state index contributed by atoms with van der Waals surface area (Å²) in [5, 5.41) is 0. The molecule has 1 heterocycles. The van der Waals surface area contributed by atoms with Gasteiger partial charge in [0.15, 0.2) is 11.6 Å². The van der Waals surface area contributed by atoms with Crippen LogP contribution in [0, 0.1) is 23.6 Å². The lowest BCUT2D eigenvalue weighted by atomic mass is 9.85. The van der Waals surface area contributed by atoms with Crippen molar-refractivity contribution in [1.29, 1.82) is 0 Å². The fourth-order valence-electron chi connectivity index (χ4n) is 2.90. The SMILES string of the molecule is COc1cc2c(cc1F)nc(N)n2CC(C(C)C)C(C)C. The van der Waals surface area contributed by atoms with Crippen LogP contribution in [0.25, 0.3) is 11.0 Å². The number of halogens is 1. The predicted molar refractivity (Wildman–Crippen MR) is 83.8 cm³/mol. The predicted octanol–water partition coefficient (Wildman–Crippen LogP) is 3.69. The standard InChI is InChI=1S/C16H24FN3O/c1-9(2)11(10(3)4)8-20-14-7-15(21-5)12(17)6-13(14)19-16(20)18/h6-7,9-11H,8H2,1-5H3,(H2,18,19). The molecule has 0 spiro atoms. The number of hydrogen-bond acceptors (Lipinski definition) is 3. The molecule has 0 fully saturated rings. The molecule has 0 aliphatic rings. The van der Waals surface area contributed by atoms with Gasteiger partial charge in [0.1, 0.15) is 0 Å². The number of methoxy groups -OCH3 is 1. The number of aromatic nitrogens is 2. The van der Waals surface area contributed by atoms with E-state index in [1.165, 1.54) is 13.2 Å². The van der Waals surface area contributed by atoms with Gasteiger partial charge in [-0.1, -0.05) is 27.7 Å². The summed E-state index contributed by atoms with van der Waals surface area (Å²) in [7, 11) is 1.46. The Morgan fingerprint density at radius 2 is 1.86 bits per heavy atom. The molecule has 0 aliphatic heterocycles. The first-order valence-corrected chi connectivity index (χ1v) is 7.34. The number of imidazole rings is 1. The zero-order valence-electron chi connectivity index (χ0n) is 13.4. The van der Waals surface area contributed by atoms with Gasteiger partial charge >= 0.3 is 0 Å². The van der Waals surface area contributed by atoms with Crippen LogP contribution in [0.2, 0.25) is 0 Å². The molecule has 0 unspecified atom stereocenters. The Morgan fingerprint density at radius 3 is 2.38 bits per heavy atom. The van der Waals surface area contributed by atoms with E-state index in [4.69, 9.17) is 10.5 Å². The molecule has 1 aromatic carbocycles. The fourth-order valence-corrected chi connectivity index (χ4v) is 2.90. The number of nitrogens with two attached hydrogens (primary N) is 1. The van der Waals surface area contributed by atoms with E-state index < -0.39 is 5.82 Å². The van der Waals surface area contributed by atoms with Gasteiger partial charge in [-0.3, -0.25) is 0 Å². The molecule has 2 aromatic rings. The average Bonchev–Trinajstić information content (AvgIpc) is 2.68. The first-order chi connectivity index (χ1) is 9.85. The Bertz CT molecular complexity index is 626. The second-order valence-electron chi connectivity index (χ2n) is 6.21. The van der Waals surface area contributed by atoms with E-state index in [-0.39, 0.29) is 5.75 Å². The highest BCUT2D eigenvalue weighted by Crippen LogP contribution is 2.30. The van der Waals surface area contributed by atoms with Crippen molar-refractivity contribution >= 4 is 17.0 Å². The summed E-state index contributed by atoms with van der Waals surface area (Å²) in [5.41, 5.74) is 7.42. The minimum absolute atomic E-state index is 0.217. The molecule has 116 valence electrons. The monoisotopic (exact) mass is 293 g/mol. The molecule has 0 bridgehead atoms. The van der Waals surface area contributed by atoms with Crippen molar-refractivity contribution in [2.75, 3.05) is 12.8 Å². The van der Waals surface area contributed by atoms with Gasteiger partial charge in [-0.25, -0.2) is 9.37 Å². The molecule has 5 heteroatoms. The number of anilines is 1. The zero-order valence-corrected chi connectivity index (χ0v) is 13.4. The van der Waals surface area contributed by atoms with Gasteiger partial charge in [-0.2, -0.15) is 0 Å². The van der Waals surface area contributed by atoms with E-state index in [1.54, 1.807) is 6.07 Å². The lowest BCUT2D eigenvalue weighted by Gasteiger charge is -2.26. The van der Waals surface area contributed by atoms with Gasteiger partial charge in [0.2, 0.25) is 5.95 Å². The summed E-state index contributed by atoms with van der Waals surface area (Å²) in [4.78, 5) is 4.27. The Balaban J connectivity index is 2.50. The lowest BCUT2D eigenvalue weighted by Crippen LogP contribution is -2.22. The highest BCUT2D eigenvalue weighted by molar-refractivity contribution is 5.80. The summed E-state index contributed by atoms with van der Waals surface area (Å²) in [6.45, 7) is 9.60. The minimum atomic E-state index is -0.418. The molecule has 0 saturated heterocycles. The molecule has 2 rings (SSSR count). The maximum atomic E-state index is 13.8. The molecular formula is C16H24FN3O. The molecule has 0 radical (unpaired) electrons. The Morgan fingerprint density at radius 1 is 1.24 bits per heavy atom. The van der Waals surface area contributed by atoms with Crippen LogP contribution in [0.1, 0.15) is 27.7 Å². The Labute approximate surface area is 125 Å². The molecule has 0 saturated carbocycles. The molecule has 2 N–H and O–H groups in total. The summed E-state index contributed by atoms with van der Waals surface area (Å²) < 4.78 is 20.8. The van der Waals surface area contributed by atoms with Crippen molar-refractivity contribution in [3.63, 3.8) is 0 Å². The molecule has 21 heavy (non-hydrogen) atoms. The maximum Gasteiger partial charge on any atom is 0.201 e. The number of benzene rings is 1. The lowest BCUT2D eigenvalue weighted by molar-refractivity contribution is 0.255. The molecule has 0 atom stereocenters. The number of ether oxygens (including phenoxy) is 1. The first-order valence-electron chi connectivity index (χ1n) is 7.34. The van der Waals surface area contributed by atoms with E-state index in [1.807, 2.05) is 4.57 Å². The van der Waals surface area contributed by atoms with Crippen LogP contribution in [0.5, 0.6) is 5.75 Å². The highest BCUT2D eigenvalue weighted by Gasteiger charge is 2.21. The number of rotatable bonds is 5. The van der Waals surface area contributed by atoms with Crippen molar-refractivity contribution in [2.24, 2.45) is 17.8 Å². The normalized spacial score (nSPS) is 12.0. The van der Waals surface area contributed by atoms with Crippen LogP contribution in [0.3, 0.4) is 0 Å². The van der Waals surface area contributed by atoms with Gasteiger partial charge in [-0.15, -0.1) is 0 Å². The van der Waals surface area contributed by atoms with Crippen molar-refractivity contribution < 1.29 is 9.13 Å². The van der Waals surface area contributed by atoms with Crippen LogP contribution in [-0.4, -0.2) is 16.7 Å². The maximum absolute atomic E-state index is 13.8. The smallest absolute Gasteiger partial charge is 0.201 e. The minimum Gasteiger partial charge on any atom is -0.494 e. The van der Waals surface area contributed by atoms with E-state index >= 15 is 0 Å². The van der Waals surface area contributed by atoms with Gasteiger partial charge in [-0.05, 0) is 17.8 Å². The second kappa shape index (κ2) is 5.92. The number of hydrogen-bond donors (Lipinski definition) is 1. The third-order valence-corrected chi connectivity index (χ3v) is 4.16. The average molecular weight is 293 g/mol. The summed E-state index contributed by atoms with van der Waals surface area (Å²) in [6, 6.07) is 3.05. The Kier molecular flexibility index (Phi) is 4.40. The summed E-state index contributed by atoms with van der Waals surface area (Å²) >= 11 is 0. The molecular weight excluding hydrogens is 269 g/mol. The largest absolute Gasteiger partial charge is 0.494 e. The highest BCUT2D eigenvalue weighted by atomic mass is 19.1. The number of fused-ring (bicyclic) bond motifs is 1. The molecule has 0 amide bonds. The zero-order chi connectivity index (χ0) is 15.7. The van der Waals surface area contributed by atoms with Crippen molar-refractivity contribution in [3.05, 3.63) is 17.9 Å². The van der Waals surface area contributed by atoms with Crippen molar-refractivity contribution in [3.8, 4) is 5.75 Å². The van der Waals surface area contributed by atoms with Crippen LogP contribution >= 0.6 is 0 Å². The van der Waals surface area contributed by atoms with Crippen LogP contribution in [0.4, 0.5) is 10.3 Å². The number of nitrogen functional groups attached to an aromatic ring is 1. The molecule has 0 aliphatic carbocycles. The molecule has 1 aromatic heterocycles. The van der Waals surface area contributed by atoms with E-state index in [0.29, 0.717) is 29.2 Å². The number of nitrogens with zero attached hydrogens (tertiary/aromatic N) is 2. The summed E-state index contributed by atoms with van der Waals surface area (Å²) in [5.74, 6) is 1.76. The van der Waals surface area contributed by atoms with Gasteiger partial charge in [0, 0.05) is 18.7 Å². The third-order valence-electron chi connectivity index (χ3n) is 4.16. The second-order valence-corrected chi connectivity index (χ2v) is 6.21. The van der Waals surface area contributed by atoms with Crippen molar-refractivity contribution in [2.45, 2.75) is 34.2 Å². The van der Waals surface area contributed by atoms with Crippen LogP contribution in [0.15, 0.2) is 12.1 Å². The Hall–Kier alpha value is -1.78. The fraction of sp³-hybridized carbons (Fsp3) is 0.562. The molecule has 4 nitrogen and oxygen atoms in total. The van der Waals surface area contributed by atoms with Gasteiger partial charge < -0.3 is 15.0 Å². The van der Waals surface area contributed by atoms with E-state index in [2.05, 4.69) is 32.7 Å². The van der Waals surface area contributed by atoms with E-state index in [9.17, 15) is 4.39 Å². The van der Waals surface area contributed by atoms with Gasteiger partial charge in [0.25, 0.3) is 0 Å².